The van der Waals surface area contributed by atoms with Crippen LogP contribution >= 0.6 is 15.9 Å². The van der Waals surface area contributed by atoms with Gasteiger partial charge >= 0.3 is 0 Å². The molecule has 0 fully saturated rings. The Morgan fingerprint density at radius 3 is 2.15 bits per heavy atom. The summed E-state index contributed by atoms with van der Waals surface area (Å²) in [5.41, 5.74) is 2.33. The van der Waals surface area contributed by atoms with E-state index >= 15 is 0 Å². The lowest BCUT2D eigenvalue weighted by Gasteiger charge is -2.06. The third-order valence-electron chi connectivity index (χ3n) is 2.88. The molecule has 0 spiro atoms. The molecule has 0 heterocycles. The molecule has 0 amide bonds. The van der Waals surface area contributed by atoms with E-state index in [1.54, 1.807) is 12.1 Å². The standard InChI is InChI=1S/C15H14BrNO3/c16-11-13-3-7-15(8-4-13)20-10-9-12-1-5-14(6-2-12)17(18)19/h1-8H,9-11H2. The lowest BCUT2D eigenvalue weighted by Crippen LogP contribution is -2.01. The van der Waals surface area contributed by atoms with Crippen LogP contribution in [0.4, 0.5) is 5.69 Å². The van der Waals surface area contributed by atoms with Crippen molar-refractivity contribution in [2.45, 2.75) is 11.8 Å². The highest BCUT2D eigenvalue weighted by molar-refractivity contribution is 9.08. The van der Waals surface area contributed by atoms with Gasteiger partial charge in [-0.3, -0.25) is 10.1 Å². The van der Waals surface area contributed by atoms with Gasteiger partial charge in [-0.2, -0.15) is 0 Å². The summed E-state index contributed by atoms with van der Waals surface area (Å²) in [5, 5.41) is 11.4. The number of hydrogen-bond donors (Lipinski definition) is 0. The van der Waals surface area contributed by atoms with Crippen molar-refractivity contribution in [1.82, 2.24) is 0 Å². The third kappa shape index (κ3) is 4.06. The number of hydrogen-bond acceptors (Lipinski definition) is 3. The molecule has 2 aromatic rings. The summed E-state index contributed by atoms with van der Waals surface area (Å²) in [4.78, 5) is 10.1. The van der Waals surface area contributed by atoms with E-state index in [1.165, 1.54) is 17.7 Å². The second-order valence-corrected chi connectivity index (χ2v) is 4.86. The van der Waals surface area contributed by atoms with E-state index in [-0.39, 0.29) is 5.69 Å². The molecule has 0 unspecified atom stereocenters. The first-order chi connectivity index (χ1) is 9.69. The third-order valence-corrected chi connectivity index (χ3v) is 3.53. The fourth-order valence-electron chi connectivity index (χ4n) is 1.75. The smallest absolute Gasteiger partial charge is 0.269 e. The highest BCUT2D eigenvalue weighted by Gasteiger charge is 2.03. The molecule has 2 aromatic carbocycles. The summed E-state index contributed by atoms with van der Waals surface area (Å²) in [6.07, 6.45) is 0.720. The van der Waals surface area contributed by atoms with E-state index in [9.17, 15) is 10.1 Å². The van der Waals surface area contributed by atoms with Gasteiger partial charge in [0.05, 0.1) is 11.5 Å². The maximum atomic E-state index is 10.5. The first kappa shape index (κ1) is 14.5. The van der Waals surface area contributed by atoms with Gasteiger partial charge in [-0.05, 0) is 23.3 Å². The number of nitro benzene ring substituents is 1. The Morgan fingerprint density at radius 1 is 1.00 bits per heavy atom. The monoisotopic (exact) mass is 335 g/mol. The van der Waals surface area contributed by atoms with E-state index in [2.05, 4.69) is 15.9 Å². The molecule has 0 saturated carbocycles. The molecule has 0 aliphatic heterocycles. The van der Waals surface area contributed by atoms with E-state index < -0.39 is 4.92 Å². The van der Waals surface area contributed by atoms with Crippen LogP contribution in [0.15, 0.2) is 48.5 Å². The number of alkyl halides is 1. The van der Waals surface area contributed by atoms with Crippen LogP contribution in [0.1, 0.15) is 11.1 Å². The summed E-state index contributed by atoms with van der Waals surface area (Å²) in [6, 6.07) is 14.4. The number of ether oxygens (including phenoxy) is 1. The molecule has 104 valence electrons. The number of non-ortho nitro benzene ring substituents is 1. The SMILES string of the molecule is O=[N+]([O-])c1ccc(CCOc2ccc(CBr)cc2)cc1. The average molecular weight is 336 g/mol. The highest BCUT2D eigenvalue weighted by atomic mass is 79.9. The first-order valence-corrected chi connectivity index (χ1v) is 7.32. The van der Waals surface area contributed by atoms with Crippen molar-refractivity contribution in [2.24, 2.45) is 0 Å². The van der Waals surface area contributed by atoms with Gasteiger partial charge in [0.1, 0.15) is 5.75 Å². The average Bonchev–Trinajstić information content (AvgIpc) is 2.48. The lowest BCUT2D eigenvalue weighted by atomic mass is 10.1. The Hall–Kier alpha value is -1.88. The Labute approximate surface area is 125 Å². The number of halogens is 1. The Balaban J connectivity index is 1.84. The van der Waals surface area contributed by atoms with Gasteiger partial charge in [0, 0.05) is 23.9 Å². The van der Waals surface area contributed by atoms with Crippen molar-refractivity contribution < 1.29 is 9.66 Å². The van der Waals surface area contributed by atoms with Crippen LogP contribution in [0.3, 0.4) is 0 Å². The van der Waals surface area contributed by atoms with Crippen molar-refractivity contribution in [3.63, 3.8) is 0 Å². The summed E-state index contributed by atoms with van der Waals surface area (Å²) < 4.78 is 5.64. The first-order valence-electron chi connectivity index (χ1n) is 6.20. The molecule has 5 heteroatoms. The molecule has 20 heavy (non-hydrogen) atoms. The minimum absolute atomic E-state index is 0.111. The van der Waals surface area contributed by atoms with Crippen molar-refractivity contribution in [3.8, 4) is 5.75 Å². The van der Waals surface area contributed by atoms with Crippen LogP contribution in [0, 0.1) is 10.1 Å². The van der Waals surface area contributed by atoms with Crippen LogP contribution in [0.5, 0.6) is 5.75 Å². The Bertz CT molecular complexity index is 567. The molecule has 4 nitrogen and oxygen atoms in total. The zero-order valence-electron chi connectivity index (χ0n) is 10.8. The predicted molar refractivity (Wildman–Crippen MR) is 81.4 cm³/mol. The van der Waals surface area contributed by atoms with E-state index in [1.807, 2.05) is 24.3 Å². The summed E-state index contributed by atoms with van der Waals surface area (Å²) in [5.74, 6) is 0.830. The van der Waals surface area contributed by atoms with Gasteiger partial charge in [0.2, 0.25) is 0 Å². The summed E-state index contributed by atoms with van der Waals surface area (Å²) in [6.45, 7) is 0.547. The van der Waals surface area contributed by atoms with Gasteiger partial charge in [-0.1, -0.05) is 40.2 Å². The molecule has 0 saturated heterocycles. The number of benzene rings is 2. The molecule has 0 bridgehead atoms. The number of rotatable bonds is 6. The number of nitro groups is 1. The van der Waals surface area contributed by atoms with E-state index in [4.69, 9.17) is 4.74 Å². The lowest BCUT2D eigenvalue weighted by molar-refractivity contribution is -0.384. The molecule has 0 N–H and O–H groups in total. The molecule has 0 aliphatic carbocycles. The molecule has 0 atom stereocenters. The van der Waals surface area contributed by atoms with Crippen LogP contribution < -0.4 is 4.74 Å². The van der Waals surface area contributed by atoms with Crippen LogP contribution in [-0.4, -0.2) is 11.5 Å². The fraction of sp³-hybridized carbons (Fsp3) is 0.200. The maximum absolute atomic E-state index is 10.5. The molecule has 0 aliphatic rings. The van der Waals surface area contributed by atoms with Gasteiger partial charge in [-0.25, -0.2) is 0 Å². The topological polar surface area (TPSA) is 52.4 Å². The molecule has 0 aromatic heterocycles. The zero-order valence-corrected chi connectivity index (χ0v) is 12.4. The maximum Gasteiger partial charge on any atom is 0.269 e. The number of nitrogens with zero attached hydrogens (tertiary/aromatic N) is 1. The largest absolute Gasteiger partial charge is 0.493 e. The summed E-state index contributed by atoms with van der Waals surface area (Å²) in [7, 11) is 0. The molecule has 0 radical (unpaired) electrons. The van der Waals surface area contributed by atoms with Crippen molar-refractivity contribution >= 4 is 21.6 Å². The molecule has 2 rings (SSSR count). The Morgan fingerprint density at radius 2 is 1.60 bits per heavy atom. The van der Waals surface area contributed by atoms with E-state index in [0.29, 0.717) is 6.61 Å². The normalized spacial score (nSPS) is 10.2. The van der Waals surface area contributed by atoms with Crippen LogP contribution in [-0.2, 0) is 11.8 Å². The van der Waals surface area contributed by atoms with Crippen molar-refractivity contribution in [2.75, 3.05) is 6.61 Å². The minimum Gasteiger partial charge on any atom is -0.493 e. The summed E-state index contributed by atoms with van der Waals surface area (Å²) >= 11 is 3.39. The molecular weight excluding hydrogens is 322 g/mol. The second kappa shape index (κ2) is 7.05. The van der Waals surface area contributed by atoms with E-state index in [0.717, 1.165) is 23.1 Å². The van der Waals surface area contributed by atoms with Crippen LogP contribution in [0.25, 0.3) is 0 Å². The second-order valence-electron chi connectivity index (χ2n) is 4.30. The van der Waals surface area contributed by atoms with Gasteiger partial charge in [0.15, 0.2) is 0 Å². The minimum atomic E-state index is -0.397. The predicted octanol–water partition coefficient (Wildman–Crippen LogP) is 4.11. The molecular formula is C15H14BrNO3. The quantitative estimate of drug-likeness (QED) is 0.453. The van der Waals surface area contributed by atoms with Crippen LogP contribution in [0.2, 0.25) is 0 Å². The fourth-order valence-corrected chi connectivity index (χ4v) is 2.12. The van der Waals surface area contributed by atoms with Gasteiger partial charge < -0.3 is 4.74 Å². The Kier molecular flexibility index (Phi) is 5.12. The highest BCUT2D eigenvalue weighted by Crippen LogP contribution is 2.15. The zero-order chi connectivity index (χ0) is 14.4. The van der Waals surface area contributed by atoms with Crippen molar-refractivity contribution in [3.05, 3.63) is 69.8 Å². The van der Waals surface area contributed by atoms with Crippen molar-refractivity contribution in [1.29, 1.82) is 0 Å². The van der Waals surface area contributed by atoms with Gasteiger partial charge in [-0.15, -0.1) is 0 Å². The van der Waals surface area contributed by atoms with Gasteiger partial charge in [0.25, 0.3) is 5.69 Å².